The fourth-order valence-corrected chi connectivity index (χ4v) is 4.42. The van der Waals surface area contributed by atoms with Crippen LogP contribution >= 0.6 is 11.6 Å². The molecule has 0 unspecified atom stereocenters. The van der Waals surface area contributed by atoms with Crippen LogP contribution in [0.15, 0.2) is 60.9 Å². The zero-order valence-corrected chi connectivity index (χ0v) is 21.4. The van der Waals surface area contributed by atoms with Gasteiger partial charge in [0.05, 0.1) is 22.9 Å². The van der Waals surface area contributed by atoms with E-state index in [-0.39, 0.29) is 19.8 Å². The first-order valence-corrected chi connectivity index (χ1v) is 12.3. The van der Waals surface area contributed by atoms with Gasteiger partial charge in [0.25, 0.3) is 0 Å². The molecule has 0 saturated heterocycles. The van der Waals surface area contributed by atoms with E-state index in [9.17, 15) is 4.79 Å². The molecule has 3 aromatic carbocycles. The molecule has 2 heterocycles. The third-order valence-electron chi connectivity index (χ3n) is 6.19. The van der Waals surface area contributed by atoms with E-state index in [1.165, 1.54) is 10.7 Å². The molecule has 1 aliphatic rings. The highest BCUT2D eigenvalue weighted by Crippen LogP contribution is 2.37. The molecular formula is C29H24ClN3O5. The summed E-state index contributed by atoms with van der Waals surface area (Å²) in [7, 11) is 0. The van der Waals surface area contributed by atoms with E-state index in [2.05, 4.69) is 11.2 Å². The summed E-state index contributed by atoms with van der Waals surface area (Å²) in [4.78, 5) is 11.6. The average molecular weight is 530 g/mol. The lowest BCUT2D eigenvalue weighted by molar-refractivity contribution is 0.111. The quantitative estimate of drug-likeness (QED) is 0.254. The molecule has 192 valence electrons. The molecule has 0 aliphatic carbocycles. The Morgan fingerprint density at radius 2 is 1.89 bits per heavy atom. The molecule has 0 radical (unpaired) electrons. The van der Waals surface area contributed by atoms with Crippen molar-refractivity contribution in [3.8, 4) is 40.2 Å². The standard InChI is InChI=1S/C29H24ClN3O5/c1-19-22(3-2-4-24(19)21-5-6-26-29(12-21)36-10-9-35-26)18-38-28-13-27(23(16-34)11-25(28)30)37-17-20-14-32-33(15-20)8-7-31/h2-6,11-16H,8-10,17-18H2,1H3. The lowest BCUT2D eigenvalue weighted by Gasteiger charge is -2.20. The van der Waals surface area contributed by atoms with Gasteiger partial charge in [-0.1, -0.05) is 35.9 Å². The predicted octanol–water partition coefficient (Wildman–Crippen LogP) is 5.78. The summed E-state index contributed by atoms with van der Waals surface area (Å²) >= 11 is 6.43. The Morgan fingerprint density at radius 3 is 2.71 bits per heavy atom. The first-order chi connectivity index (χ1) is 18.6. The average Bonchev–Trinajstić information content (AvgIpc) is 3.39. The number of nitrogens with zero attached hydrogens (tertiary/aromatic N) is 3. The predicted molar refractivity (Wildman–Crippen MR) is 141 cm³/mol. The van der Waals surface area contributed by atoms with Gasteiger partial charge < -0.3 is 18.9 Å². The minimum Gasteiger partial charge on any atom is -0.488 e. The number of halogens is 1. The molecule has 0 bridgehead atoms. The number of hydrogen-bond donors (Lipinski definition) is 0. The summed E-state index contributed by atoms with van der Waals surface area (Å²) < 4.78 is 24.9. The molecule has 0 amide bonds. The Balaban J connectivity index is 1.33. The summed E-state index contributed by atoms with van der Waals surface area (Å²) in [6, 6.07) is 17.1. The number of nitriles is 1. The lowest BCUT2D eigenvalue weighted by atomic mass is 9.96. The zero-order valence-electron chi connectivity index (χ0n) is 20.6. The number of aldehydes is 1. The second-order valence-corrected chi connectivity index (χ2v) is 9.08. The number of ether oxygens (including phenoxy) is 4. The van der Waals surface area contributed by atoms with E-state index in [1.807, 2.05) is 43.3 Å². The Hall–Kier alpha value is -4.48. The van der Waals surface area contributed by atoms with Crippen molar-refractivity contribution in [1.82, 2.24) is 9.78 Å². The maximum atomic E-state index is 11.6. The summed E-state index contributed by atoms with van der Waals surface area (Å²) in [6.45, 7) is 3.71. The van der Waals surface area contributed by atoms with Crippen molar-refractivity contribution in [1.29, 1.82) is 5.26 Å². The monoisotopic (exact) mass is 529 g/mol. The molecule has 0 spiro atoms. The van der Waals surface area contributed by atoms with E-state index in [1.54, 1.807) is 18.5 Å². The first-order valence-electron chi connectivity index (χ1n) is 12.0. The number of carbonyl (C=O) groups excluding carboxylic acids is 1. The highest BCUT2D eigenvalue weighted by atomic mass is 35.5. The number of rotatable bonds is 9. The van der Waals surface area contributed by atoms with Gasteiger partial charge in [-0.05, 0) is 47.4 Å². The molecule has 5 rings (SSSR count). The van der Waals surface area contributed by atoms with Crippen LogP contribution in [0, 0.1) is 18.3 Å². The minimum atomic E-state index is 0.147. The van der Waals surface area contributed by atoms with Crippen molar-refractivity contribution < 1.29 is 23.7 Å². The lowest BCUT2D eigenvalue weighted by Crippen LogP contribution is -2.15. The zero-order chi connectivity index (χ0) is 26.5. The summed E-state index contributed by atoms with van der Waals surface area (Å²) in [5.41, 5.74) is 5.21. The van der Waals surface area contributed by atoms with Crippen LogP contribution in [-0.4, -0.2) is 29.3 Å². The molecular weight excluding hydrogens is 506 g/mol. The largest absolute Gasteiger partial charge is 0.488 e. The number of fused-ring (bicyclic) bond motifs is 1. The van der Waals surface area contributed by atoms with Crippen molar-refractivity contribution in [3.05, 3.63) is 88.2 Å². The van der Waals surface area contributed by atoms with Gasteiger partial charge in [-0.3, -0.25) is 9.48 Å². The van der Waals surface area contributed by atoms with E-state index in [0.29, 0.717) is 41.6 Å². The molecule has 4 aromatic rings. The molecule has 0 N–H and O–H groups in total. The number of carbonyl (C=O) groups is 1. The van der Waals surface area contributed by atoms with E-state index in [0.717, 1.165) is 39.3 Å². The number of benzene rings is 3. The van der Waals surface area contributed by atoms with E-state index >= 15 is 0 Å². The SMILES string of the molecule is Cc1c(COc2cc(OCc3cnn(CC#N)c3)c(C=O)cc2Cl)cccc1-c1ccc2c(c1)OCCO2. The van der Waals surface area contributed by atoms with Gasteiger partial charge in [-0.2, -0.15) is 10.4 Å². The van der Waals surface area contributed by atoms with Crippen LogP contribution in [0.2, 0.25) is 5.02 Å². The Kier molecular flexibility index (Phi) is 7.47. The van der Waals surface area contributed by atoms with Gasteiger partial charge >= 0.3 is 0 Å². The third-order valence-corrected chi connectivity index (χ3v) is 6.48. The summed E-state index contributed by atoms with van der Waals surface area (Å²) in [6.07, 6.45) is 4.02. The van der Waals surface area contributed by atoms with E-state index < -0.39 is 0 Å². The Labute approximate surface area is 224 Å². The second-order valence-electron chi connectivity index (χ2n) is 8.67. The Morgan fingerprint density at radius 1 is 1.08 bits per heavy atom. The van der Waals surface area contributed by atoms with Crippen LogP contribution in [0.25, 0.3) is 11.1 Å². The maximum Gasteiger partial charge on any atom is 0.161 e. The molecule has 1 aliphatic heterocycles. The maximum absolute atomic E-state index is 11.6. The van der Waals surface area contributed by atoms with Gasteiger partial charge in [-0.15, -0.1) is 0 Å². The molecule has 38 heavy (non-hydrogen) atoms. The minimum absolute atomic E-state index is 0.147. The van der Waals surface area contributed by atoms with Gasteiger partial charge in [0.1, 0.15) is 44.5 Å². The Bertz CT molecular complexity index is 1530. The van der Waals surface area contributed by atoms with Gasteiger partial charge in [0.2, 0.25) is 0 Å². The van der Waals surface area contributed by atoms with Crippen molar-refractivity contribution in [2.45, 2.75) is 26.7 Å². The third kappa shape index (κ3) is 5.43. The van der Waals surface area contributed by atoms with Crippen LogP contribution in [0.1, 0.15) is 27.0 Å². The second kappa shape index (κ2) is 11.3. The number of aromatic nitrogens is 2. The smallest absolute Gasteiger partial charge is 0.161 e. The van der Waals surface area contributed by atoms with Gasteiger partial charge in [0.15, 0.2) is 17.8 Å². The highest BCUT2D eigenvalue weighted by molar-refractivity contribution is 6.32. The summed E-state index contributed by atoms with van der Waals surface area (Å²) in [5, 5.41) is 13.2. The van der Waals surface area contributed by atoms with Gasteiger partial charge in [-0.25, -0.2) is 0 Å². The molecule has 9 heteroatoms. The van der Waals surface area contributed by atoms with Crippen molar-refractivity contribution >= 4 is 17.9 Å². The topological polar surface area (TPSA) is 95.6 Å². The number of hydrogen-bond acceptors (Lipinski definition) is 7. The van der Waals surface area contributed by atoms with Crippen LogP contribution in [0.3, 0.4) is 0 Å². The van der Waals surface area contributed by atoms with Gasteiger partial charge in [0, 0.05) is 17.8 Å². The molecule has 0 saturated carbocycles. The fraction of sp³-hybridized carbons (Fsp3) is 0.207. The fourth-order valence-electron chi connectivity index (χ4n) is 4.20. The van der Waals surface area contributed by atoms with Crippen molar-refractivity contribution in [3.63, 3.8) is 0 Å². The molecule has 0 fully saturated rings. The van der Waals surface area contributed by atoms with Crippen LogP contribution in [0.5, 0.6) is 23.0 Å². The molecule has 1 aromatic heterocycles. The van der Waals surface area contributed by atoms with Crippen LogP contribution in [-0.2, 0) is 19.8 Å². The van der Waals surface area contributed by atoms with Crippen molar-refractivity contribution in [2.24, 2.45) is 0 Å². The molecule has 8 nitrogen and oxygen atoms in total. The summed E-state index contributed by atoms with van der Waals surface area (Å²) in [5.74, 6) is 2.23. The van der Waals surface area contributed by atoms with Crippen LogP contribution in [0.4, 0.5) is 0 Å². The first kappa shape index (κ1) is 25.2. The molecule has 0 atom stereocenters. The highest BCUT2D eigenvalue weighted by Gasteiger charge is 2.16. The normalized spacial score (nSPS) is 12.0. The van der Waals surface area contributed by atoms with Crippen molar-refractivity contribution in [2.75, 3.05) is 13.2 Å². The van der Waals surface area contributed by atoms with Crippen LogP contribution < -0.4 is 18.9 Å². The van der Waals surface area contributed by atoms with E-state index in [4.69, 9.17) is 35.8 Å².